The van der Waals surface area contributed by atoms with E-state index in [1.54, 1.807) is 24.0 Å². The zero-order valence-electron chi connectivity index (χ0n) is 11.2. The molecule has 7 nitrogen and oxygen atoms in total. The number of rotatable bonds is 3. The first kappa shape index (κ1) is 14.3. The molecule has 2 N–H and O–H groups in total. The largest absolute Gasteiger partial charge is 0.396 e. The molecule has 1 fully saturated rings. The van der Waals surface area contributed by atoms with E-state index >= 15 is 0 Å². The van der Waals surface area contributed by atoms with Crippen molar-refractivity contribution in [2.45, 2.75) is 13.3 Å². The van der Waals surface area contributed by atoms with E-state index in [0.29, 0.717) is 24.3 Å². The molecule has 0 aliphatic carbocycles. The number of nitrogens with zero attached hydrogens (tertiary/aromatic N) is 2. The third-order valence-electron chi connectivity index (χ3n) is 3.49. The summed E-state index contributed by atoms with van der Waals surface area (Å²) in [4.78, 5) is 24.0. The van der Waals surface area contributed by atoms with Crippen LogP contribution in [0.3, 0.4) is 0 Å². The Balaban J connectivity index is 2.05. The Labute approximate surface area is 116 Å². The van der Waals surface area contributed by atoms with Gasteiger partial charge in [-0.15, -0.1) is 0 Å². The van der Waals surface area contributed by atoms with Crippen molar-refractivity contribution < 1.29 is 14.8 Å². The maximum atomic E-state index is 12.0. The number of hydrogen-bond acceptors (Lipinski definition) is 4. The van der Waals surface area contributed by atoms with E-state index in [4.69, 9.17) is 5.11 Å². The smallest absolute Gasteiger partial charge is 0.321 e. The van der Waals surface area contributed by atoms with Crippen molar-refractivity contribution >= 4 is 17.4 Å². The van der Waals surface area contributed by atoms with Crippen molar-refractivity contribution in [2.24, 2.45) is 5.92 Å². The predicted octanol–water partition coefficient (Wildman–Crippen LogP) is 1.75. The molecule has 1 heterocycles. The Kier molecular flexibility index (Phi) is 4.19. The molecule has 0 radical (unpaired) electrons. The van der Waals surface area contributed by atoms with Gasteiger partial charge >= 0.3 is 6.03 Å². The van der Waals surface area contributed by atoms with Crippen molar-refractivity contribution in [1.29, 1.82) is 0 Å². The van der Waals surface area contributed by atoms with Crippen molar-refractivity contribution in [1.82, 2.24) is 4.90 Å². The lowest BCUT2D eigenvalue weighted by atomic mass is 10.1. The first-order valence-electron chi connectivity index (χ1n) is 6.43. The molecular weight excluding hydrogens is 262 g/mol. The molecule has 1 aromatic rings. The van der Waals surface area contributed by atoms with Gasteiger partial charge in [-0.25, -0.2) is 4.79 Å². The fourth-order valence-electron chi connectivity index (χ4n) is 2.25. The van der Waals surface area contributed by atoms with Gasteiger partial charge in [0.25, 0.3) is 5.69 Å². The Morgan fingerprint density at radius 3 is 2.95 bits per heavy atom. The molecule has 0 saturated carbocycles. The normalized spacial score (nSPS) is 18.1. The molecule has 2 rings (SSSR count). The predicted molar refractivity (Wildman–Crippen MR) is 73.6 cm³/mol. The summed E-state index contributed by atoms with van der Waals surface area (Å²) in [5, 5.41) is 22.6. The molecule has 1 unspecified atom stereocenters. The number of nitro benzene ring substituents is 1. The Morgan fingerprint density at radius 2 is 2.35 bits per heavy atom. The fraction of sp³-hybridized carbons (Fsp3) is 0.462. The average molecular weight is 279 g/mol. The van der Waals surface area contributed by atoms with Crippen LogP contribution in [-0.2, 0) is 0 Å². The molecule has 0 spiro atoms. The molecule has 1 aliphatic heterocycles. The number of carbonyl (C=O) groups excluding carboxylic acids is 1. The maximum absolute atomic E-state index is 12.0. The number of likely N-dealkylation sites (tertiary alicyclic amines) is 1. The van der Waals surface area contributed by atoms with Gasteiger partial charge < -0.3 is 15.3 Å². The minimum atomic E-state index is -0.470. The fourth-order valence-corrected chi connectivity index (χ4v) is 2.25. The second-order valence-corrected chi connectivity index (χ2v) is 4.97. The van der Waals surface area contributed by atoms with E-state index in [0.717, 1.165) is 6.42 Å². The highest BCUT2D eigenvalue weighted by atomic mass is 16.6. The molecule has 0 bridgehead atoms. The first-order valence-corrected chi connectivity index (χ1v) is 6.43. The van der Waals surface area contributed by atoms with Crippen LogP contribution in [0.1, 0.15) is 12.0 Å². The van der Waals surface area contributed by atoms with Crippen molar-refractivity contribution in [3.8, 4) is 0 Å². The summed E-state index contributed by atoms with van der Waals surface area (Å²) < 4.78 is 0. The van der Waals surface area contributed by atoms with Crippen LogP contribution in [0.15, 0.2) is 18.2 Å². The number of urea groups is 1. The summed E-state index contributed by atoms with van der Waals surface area (Å²) >= 11 is 0. The summed E-state index contributed by atoms with van der Waals surface area (Å²) in [7, 11) is 0. The van der Waals surface area contributed by atoms with E-state index in [-0.39, 0.29) is 24.2 Å². The number of anilines is 1. The molecule has 1 saturated heterocycles. The topological polar surface area (TPSA) is 95.7 Å². The van der Waals surface area contributed by atoms with Gasteiger partial charge in [-0.1, -0.05) is 6.07 Å². The lowest BCUT2D eigenvalue weighted by Gasteiger charge is -2.17. The van der Waals surface area contributed by atoms with Gasteiger partial charge in [0.05, 0.1) is 4.92 Å². The van der Waals surface area contributed by atoms with Crippen LogP contribution < -0.4 is 5.32 Å². The molecule has 1 aliphatic rings. The summed E-state index contributed by atoms with van der Waals surface area (Å²) in [5.41, 5.74) is 0.937. The molecule has 1 atom stereocenters. The number of amides is 2. The van der Waals surface area contributed by atoms with E-state index < -0.39 is 4.92 Å². The lowest BCUT2D eigenvalue weighted by molar-refractivity contribution is -0.385. The van der Waals surface area contributed by atoms with Crippen LogP contribution >= 0.6 is 0 Å². The van der Waals surface area contributed by atoms with Gasteiger partial charge in [0.1, 0.15) is 0 Å². The van der Waals surface area contributed by atoms with Crippen LogP contribution in [0.25, 0.3) is 0 Å². The molecule has 108 valence electrons. The van der Waals surface area contributed by atoms with Crippen LogP contribution in [0.4, 0.5) is 16.2 Å². The van der Waals surface area contributed by atoms with Gasteiger partial charge in [0.15, 0.2) is 0 Å². The third-order valence-corrected chi connectivity index (χ3v) is 3.49. The second kappa shape index (κ2) is 5.87. The second-order valence-electron chi connectivity index (χ2n) is 4.97. The lowest BCUT2D eigenvalue weighted by Crippen LogP contribution is -2.33. The van der Waals surface area contributed by atoms with Gasteiger partial charge in [0, 0.05) is 42.9 Å². The van der Waals surface area contributed by atoms with Crippen molar-refractivity contribution in [2.75, 3.05) is 25.0 Å². The van der Waals surface area contributed by atoms with E-state index in [1.165, 1.54) is 6.07 Å². The molecular formula is C13H17N3O4. The SMILES string of the molecule is Cc1ccc(NC(=O)N2CCC(CO)C2)cc1[N+](=O)[O-]. The number of aliphatic hydroxyl groups is 1. The zero-order valence-corrected chi connectivity index (χ0v) is 11.2. The summed E-state index contributed by atoms with van der Waals surface area (Å²) in [5.74, 6) is 0.119. The molecule has 1 aromatic carbocycles. The minimum Gasteiger partial charge on any atom is -0.396 e. The number of aliphatic hydroxyl groups excluding tert-OH is 1. The van der Waals surface area contributed by atoms with Crippen molar-refractivity contribution in [3.63, 3.8) is 0 Å². The average Bonchev–Trinajstić information content (AvgIpc) is 2.89. The molecule has 0 aromatic heterocycles. The maximum Gasteiger partial charge on any atom is 0.321 e. The van der Waals surface area contributed by atoms with Crippen LogP contribution in [-0.4, -0.2) is 40.7 Å². The molecule has 20 heavy (non-hydrogen) atoms. The number of aryl methyl sites for hydroxylation is 1. The highest BCUT2D eigenvalue weighted by Gasteiger charge is 2.25. The Hall–Kier alpha value is -2.15. The number of benzene rings is 1. The van der Waals surface area contributed by atoms with E-state index in [9.17, 15) is 14.9 Å². The minimum absolute atomic E-state index is 0.0162. The summed E-state index contributed by atoms with van der Waals surface area (Å²) in [6, 6.07) is 4.31. The van der Waals surface area contributed by atoms with Gasteiger partial charge in [0.2, 0.25) is 0 Å². The summed E-state index contributed by atoms with van der Waals surface area (Å²) in [6.07, 6.45) is 0.776. The third kappa shape index (κ3) is 3.05. The van der Waals surface area contributed by atoms with Crippen LogP contribution in [0.2, 0.25) is 0 Å². The Morgan fingerprint density at radius 1 is 1.60 bits per heavy atom. The molecule has 7 heteroatoms. The van der Waals surface area contributed by atoms with Crippen molar-refractivity contribution in [3.05, 3.63) is 33.9 Å². The van der Waals surface area contributed by atoms with E-state index in [1.807, 2.05) is 0 Å². The number of carbonyl (C=O) groups is 1. The van der Waals surface area contributed by atoms with Crippen LogP contribution in [0.5, 0.6) is 0 Å². The highest BCUT2D eigenvalue weighted by Crippen LogP contribution is 2.23. The van der Waals surface area contributed by atoms with Gasteiger partial charge in [-0.05, 0) is 19.4 Å². The summed E-state index contributed by atoms with van der Waals surface area (Å²) in [6.45, 7) is 2.82. The first-order chi connectivity index (χ1) is 9.51. The van der Waals surface area contributed by atoms with Crippen LogP contribution in [0, 0.1) is 23.0 Å². The highest BCUT2D eigenvalue weighted by molar-refractivity contribution is 5.90. The van der Waals surface area contributed by atoms with E-state index in [2.05, 4.69) is 5.32 Å². The number of nitro groups is 1. The molecule has 2 amide bonds. The Bertz CT molecular complexity index is 532. The zero-order chi connectivity index (χ0) is 14.7. The standard InChI is InChI=1S/C13H17N3O4/c1-9-2-3-11(6-12(9)16(19)20)14-13(18)15-5-4-10(7-15)8-17/h2-3,6,10,17H,4-5,7-8H2,1H3,(H,14,18). The van der Waals surface area contributed by atoms with Gasteiger partial charge in [-0.2, -0.15) is 0 Å². The number of nitrogens with one attached hydrogen (secondary N) is 1. The number of hydrogen-bond donors (Lipinski definition) is 2. The van der Waals surface area contributed by atoms with Gasteiger partial charge in [-0.3, -0.25) is 10.1 Å². The monoisotopic (exact) mass is 279 g/mol. The quantitative estimate of drug-likeness (QED) is 0.650.